The molecule has 0 aliphatic carbocycles. The van der Waals surface area contributed by atoms with Gasteiger partial charge < -0.3 is 15.6 Å². The van der Waals surface area contributed by atoms with Crippen molar-refractivity contribution < 1.29 is 9.84 Å². The highest BCUT2D eigenvalue weighted by Gasteiger charge is 2.12. The van der Waals surface area contributed by atoms with Crippen molar-refractivity contribution in [2.75, 3.05) is 13.7 Å². The molecule has 1 atom stereocenters. The Kier molecular flexibility index (Phi) is 3.92. The van der Waals surface area contributed by atoms with Crippen molar-refractivity contribution in [3.8, 4) is 5.75 Å². The second-order valence-electron chi connectivity index (χ2n) is 3.32. The standard InChI is InChI=1S/C11H17NO2/c1-8-4-3-5-9(11(8)14-2)10(12)6-7-13/h3-5,10,13H,6-7,12H2,1-2H3. The Morgan fingerprint density at radius 3 is 2.79 bits per heavy atom. The van der Waals surface area contributed by atoms with Crippen molar-refractivity contribution in [2.24, 2.45) is 5.73 Å². The molecule has 0 heterocycles. The van der Waals surface area contributed by atoms with Gasteiger partial charge in [0.2, 0.25) is 0 Å². The summed E-state index contributed by atoms with van der Waals surface area (Å²) in [5.74, 6) is 0.827. The number of methoxy groups -OCH3 is 1. The average Bonchev–Trinajstić information content (AvgIpc) is 2.17. The minimum absolute atomic E-state index is 0.0955. The van der Waals surface area contributed by atoms with Crippen LogP contribution >= 0.6 is 0 Å². The first-order valence-electron chi connectivity index (χ1n) is 4.70. The van der Waals surface area contributed by atoms with Gasteiger partial charge in [0.05, 0.1) is 7.11 Å². The molecule has 3 heteroatoms. The monoisotopic (exact) mass is 195 g/mol. The van der Waals surface area contributed by atoms with Crippen molar-refractivity contribution >= 4 is 0 Å². The highest BCUT2D eigenvalue weighted by Crippen LogP contribution is 2.28. The molecule has 1 aromatic rings. The lowest BCUT2D eigenvalue weighted by Crippen LogP contribution is -2.13. The summed E-state index contributed by atoms with van der Waals surface area (Å²) in [6.07, 6.45) is 0.555. The molecule has 14 heavy (non-hydrogen) atoms. The molecule has 0 radical (unpaired) electrons. The van der Waals surface area contributed by atoms with E-state index in [1.54, 1.807) is 7.11 Å². The van der Waals surface area contributed by atoms with Crippen molar-refractivity contribution in [2.45, 2.75) is 19.4 Å². The van der Waals surface area contributed by atoms with Gasteiger partial charge in [0.25, 0.3) is 0 Å². The van der Waals surface area contributed by atoms with E-state index in [9.17, 15) is 0 Å². The van der Waals surface area contributed by atoms with E-state index in [0.717, 1.165) is 16.9 Å². The van der Waals surface area contributed by atoms with Gasteiger partial charge in [-0.25, -0.2) is 0 Å². The fourth-order valence-electron chi connectivity index (χ4n) is 1.54. The van der Waals surface area contributed by atoms with Crippen LogP contribution in [0, 0.1) is 6.92 Å². The van der Waals surface area contributed by atoms with Gasteiger partial charge in [0.15, 0.2) is 0 Å². The third-order valence-electron chi connectivity index (χ3n) is 2.29. The van der Waals surface area contributed by atoms with Crippen molar-refractivity contribution in [1.82, 2.24) is 0 Å². The van der Waals surface area contributed by atoms with Gasteiger partial charge in [-0.05, 0) is 18.9 Å². The summed E-state index contributed by atoms with van der Waals surface area (Å²) in [4.78, 5) is 0. The molecule has 0 saturated heterocycles. The van der Waals surface area contributed by atoms with Gasteiger partial charge in [0, 0.05) is 18.2 Å². The number of hydrogen-bond acceptors (Lipinski definition) is 3. The maximum absolute atomic E-state index is 8.81. The lowest BCUT2D eigenvalue weighted by atomic mass is 10.0. The van der Waals surface area contributed by atoms with Crippen LogP contribution in [-0.4, -0.2) is 18.8 Å². The molecule has 0 aromatic heterocycles. The Labute approximate surface area is 84.5 Å². The Balaban J connectivity index is 3.00. The second-order valence-corrected chi connectivity index (χ2v) is 3.32. The quantitative estimate of drug-likeness (QED) is 0.763. The molecule has 78 valence electrons. The number of ether oxygens (including phenoxy) is 1. The molecule has 3 nitrogen and oxygen atoms in total. The first-order valence-corrected chi connectivity index (χ1v) is 4.70. The Bertz CT molecular complexity index is 299. The molecule has 0 spiro atoms. The predicted molar refractivity (Wildman–Crippen MR) is 56.4 cm³/mol. The van der Waals surface area contributed by atoms with Crippen molar-refractivity contribution in [1.29, 1.82) is 0 Å². The molecule has 1 rings (SSSR count). The molecule has 0 saturated carbocycles. The molecular weight excluding hydrogens is 178 g/mol. The number of benzene rings is 1. The van der Waals surface area contributed by atoms with Crippen molar-refractivity contribution in [3.63, 3.8) is 0 Å². The Hall–Kier alpha value is -1.06. The van der Waals surface area contributed by atoms with Crippen LogP contribution in [0.2, 0.25) is 0 Å². The lowest BCUT2D eigenvalue weighted by Gasteiger charge is -2.16. The van der Waals surface area contributed by atoms with E-state index < -0.39 is 0 Å². The zero-order valence-electron chi connectivity index (χ0n) is 8.66. The van der Waals surface area contributed by atoms with Gasteiger partial charge in [-0.15, -0.1) is 0 Å². The third-order valence-corrected chi connectivity index (χ3v) is 2.29. The molecule has 0 amide bonds. The Morgan fingerprint density at radius 1 is 1.50 bits per heavy atom. The minimum Gasteiger partial charge on any atom is -0.496 e. The van der Waals surface area contributed by atoms with Gasteiger partial charge in [-0.1, -0.05) is 18.2 Å². The molecule has 3 N–H and O–H groups in total. The fourth-order valence-corrected chi connectivity index (χ4v) is 1.54. The maximum Gasteiger partial charge on any atom is 0.126 e. The van der Waals surface area contributed by atoms with E-state index in [4.69, 9.17) is 15.6 Å². The van der Waals surface area contributed by atoms with Gasteiger partial charge in [-0.3, -0.25) is 0 Å². The largest absolute Gasteiger partial charge is 0.496 e. The summed E-state index contributed by atoms with van der Waals surface area (Å²) >= 11 is 0. The number of aliphatic hydroxyl groups excluding tert-OH is 1. The number of aliphatic hydroxyl groups is 1. The number of rotatable bonds is 4. The van der Waals surface area contributed by atoms with Crippen LogP contribution in [0.15, 0.2) is 18.2 Å². The molecule has 1 aromatic carbocycles. The molecular formula is C11H17NO2. The number of aryl methyl sites for hydroxylation is 1. The fraction of sp³-hybridized carbons (Fsp3) is 0.455. The highest BCUT2D eigenvalue weighted by atomic mass is 16.5. The van der Waals surface area contributed by atoms with E-state index in [0.29, 0.717) is 6.42 Å². The van der Waals surface area contributed by atoms with Crippen LogP contribution in [-0.2, 0) is 0 Å². The SMILES string of the molecule is COc1c(C)cccc1C(N)CCO. The summed E-state index contributed by atoms with van der Waals surface area (Å²) in [6, 6.07) is 5.71. The van der Waals surface area contributed by atoms with Crippen LogP contribution in [0.5, 0.6) is 5.75 Å². The molecule has 0 aliphatic rings. The van der Waals surface area contributed by atoms with E-state index in [2.05, 4.69) is 0 Å². The summed E-state index contributed by atoms with van der Waals surface area (Å²) in [5.41, 5.74) is 7.94. The van der Waals surface area contributed by atoms with Gasteiger partial charge >= 0.3 is 0 Å². The molecule has 0 aliphatic heterocycles. The van der Waals surface area contributed by atoms with E-state index in [1.807, 2.05) is 25.1 Å². The van der Waals surface area contributed by atoms with Gasteiger partial charge in [-0.2, -0.15) is 0 Å². The number of hydrogen-bond donors (Lipinski definition) is 2. The number of para-hydroxylation sites is 1. The van der Waals surface area contributed by atoms with E-state index >= 15 is 0 Å². The topological polar surface area (TPSA) is 55.5 Å². The first kappa shape index (κ1) is 11.0. The highest BCUT2D eigenvalue weighted by molar-refractivity contribution is 5.42. The van der Waals surface area contributed by atoms with Crippen LogP contribution < -0.4 is 10.5 Å². The van der Waals surface area contributed by atoms with Crippen LogP contribution in [0.4, 0.5) is 0 Å². The zero-order valence-corrected chi connectivity index (χ0v) is 8.66. The molecule has 1 unspecified atom stereocenters. The van der Waals surface area contributed by atoms with E-state index in [-0.39, 0.29) is 12.6 Å². The summed E-state index contributed by atoms with van der Waals surface area (Å²) in [6.45, 7) is 2.08. The first-order chi connectivity index (χ1) is 6.70. The smallest absolute Gasteiger partial charge is 0.126 e. The third kappa shape index (κ3) is 2.25. The molecule has 0 bridgehead atoms. The molecule has 0 fully saturated rings. The Morgan fingerprint density at radius 2 is 2.21 bits per heavy atom. The van der Waals surface area contributed by atoms with Gasteiger partial charge in [0.1, 0.15) is 5.75 Å². The van der Waals surface area contributed by atoms with Crippen molar-refractivity contribution in [3.05, 3.63) is 29.3 Å². The number of nitrogens with two attached hydrogens (primary N) is 1. The zero-order chi connectivity index (χ0) is 10.6. The summed E-state index contributed by atoms with van der Waals surface area (Å²) in [7, 11) is 1.64. The van der Waals surface area contributed by atoms with Crippen LogP contribution in [0.25, 0.3) is 0 Å². The average molecular weight is 195 g/mol. The van der Waals surface area contributed by atoms with Crippen LogP contribution in [0.1, 0.15) is 23.6 Å². The summed E-state index contributed by atoms with van der Waals surface area (Å²) in [5, 5.41) is 8.81. The predicted octanol–water partition coefficient (Wildman–Crippen LogP) is 1.39. The second kappa shape index (κ2) is 4.98. The normalized spacial score (nSPS) is 12.6. The minimum atomic E-state index is -0.158. The van der Waals surface area contributed by atoms with E-state index in [1.165, 1.54) is 0 Å². The van der Waals surface area contributed by atoms with Crippen LogP contribution in [0.3, 0.4) is 0 Å². The summed E-state index contributed by atoms with van der Waals surface area (Å²) < 4.78 is 5.28. The lowest BCUT2D eigenvalue weighted by molar-refractivity contribution is 0.275. The maximum atomic E-state index is 8.81.